The predicted molar refractivity (Wildman–Crippen MR) is 52.9 cm³/mol. The number of hydrogen-bond acceptors (Lipinski definition) is 2. The molecule has 1 fully saturated rings. The smallest absolute Gasteiger partial charge is 0.00909 e. The minimum absolute atomic E-state index is 0.441. The average molecular weight is 173 g/mol. The Kier molecular flexibility index (Phi) is 3.73. The van der Waals surface area contributed by atoms with Gasteiger partial charge in [-0.3, -0.25) is 0 Å². The Morgan fingerprint density at radius 1 is 1.27 bits per heavy atom. The summed E-state index contributed by atoms with van der Waals surface area (Å²) in [6.07, 6.45) is 2.67. The molecule has 2 heteroatoms. The van der Waals surface area contributed by atoms with Gasteiger partial charge >= 0.3 is 0 Å². The SMILES string of the molecule is CC(C)C(N)C1CCSCC1. The zero-order chi connectivity index (χ0) is 8.27. The van der Waals surface area contributed by atoms with E-state index in [0.717, 1.165) is 5.92 Å². The Morgan fingerprint density at radius 3 is 2.27 bits per heavy atom. The fourth-order valence-electron chi connectivity index (χ4n) is 1.65. The van der Waals surface area contributed by atoms with Crippen LogP contribution in [0.15, 0.2) is 0 Å². The van der Waals surface area contributed by atoms with E-state index in [9.17, 15) is 0 Å². The lowest BCUT2D eigenvalue weighted by atomic mass is 9.87. The molecular weight excluding hydrogens is 154 g/mol. The van der Waals surface area contributed by atoms with E-state index in [-0.39, 0.29) is 0 Å². The summed E-state index contributed by atoms with van der Waals surface area (Å²) in [4.78, 5) is 0. The third-order valence-corrected chi connectivity index (χ3v) is 3.63. The molecule has 1 aliphatic heterocycles. The molecule has 0 saturated carbocycles. The number of hydrogen-bond donors (Lipinski definition) is 1. The van der Waals surface area contributed by atoms with Crippen molar-refractivity contribution in [2.24, 2.45) is 17.6 Å². The van der Waals surface area contributed by atoms with Gasteiger partial charge in [0.1, 0.15) is 0 Å². The molecule has 1 atom stereocenters. The van der Waals surface area contributed by atoms with Gasteiger partial charge in [-0.25, -0.2) is 0 Å². The first kappa shape index (κ1) is 9.40. The maximum absolute atomic E-state index is 6.08. The van der Waals surface area contributed by atoms with E-state index in [1.165, 1.54) is 24.3 Å². The maximum atomic E-state index is 6.08. The van der Waals surface area contributed by atoms with Crippen LogP contribution in [0.2, 0.25) is 0 Å². The normalized spacial score (nSPS) is 24.0. The highest BCUT2D eigenvalue weighted by atomic mass is 32.2. The Morgan fingerprint density at radius 2 is 1.82 bits per heavy atom. The molecule has 0 amide bonds. The van der Waals surface area contributed by atoms with Crippen LogP contribution in [0.5, 0.6) is 0 Å². The van der Waals surface area contributed by atoms with Crippen LogP contribution in [-0.4, -0.2) is 17.5 Å². The molecule has 1 heterocycles. The Balaban J connectivity index is 2.32. The largest absolute Gasteiger partial charge is 0.327 e. The summed E-state index contributed by atoms with van der Waals surface area (Å²) in [5.41, 5.74) is 6.08. The summed E-state index contributed by atoms with van der Waals surface area (Å²) in [6.45, 7) is 4.46. The van der Waals surface area contributed by atoms with Crippen molar-refractivity contribution in [2.45, 2.75) is 32.7 Å². The summed E-state index contributed by atoms with van der Waals surface area (Å²) in [6, 6.07) is 0.441. The van der Waals surface area contributed by atoms with Gasteiger partial charge < -0.3 is 5.73 Å². The zero-order valence-corrected chi connectivity index (χ0v) is 8.36. The van der Waals surface area contributed by atoms with Crippen molar-refractivity contribution >= 4 is 11.8 Å². The summed E-state index contributed by atoms with van der Waals surface area (Å²) >= 11 is 2.07. The van der Waals surface area contributed by atoms with Crippen LogP contribution in [0.4, 0.5) is 0 Å². The predicted octanol–water partition coefficient (Wildman–Crippen LogP) is 2.11. The molecule has 0 aromatic rings. The van der Waals surface area contributed by atoms with Gasteiger partial charge in [0.15, 0.2) is 0 Å². The molecule has 11 heavy (non-hydrogen) atoms. The first-order chi connectivity index (χ1) is 5.22. The molecule has 0 spiro atoms. The van der Waals surface area contributed by atoms with E-state index in [1.54, 1.807) is 0 Å². The fourth-order valence-corrected chi connectivity index (χ4v) is 2.79. The molecule has 0 aromatic carbocycles. The summed E-state index contributed by atoms with van der Waals surface area (Å²) in [5, 5.41) is 0. The molecule has 66 valence electrons. The molecule has 2 N–H and O–H groups in total. The number of rotatable bonds is 2. The molecule has 1 aliphatic rings. The van der Waals surface area contributed by atoms with Crippen molar-refractivity contribution in [1.82, 2.24) is 0 Å². The van der Waals surface area contributed by atoms with Crippen LogP contribution in [0, 0.1) is 11.8 Å². The van der Waals surface area contributed by atoms with Gasteiger partial charge in [0, 0.05) is 6.04 Å². The van der Waals surface area contributed by atoms with Crippen molar-refractivity contribution in [2.75, 3.05) is 11.5 Å². The van der Waals surface area contributed by atoms with Crippen molar-refractivity contribution in [3.8, 4) is 0 Å². The molecule has 1 nitrogen and oxygen atoms in total. The van der Waals surface area contributed by atoms with E-state index < -0.39 is 0 Å². The first-order valence-corrected chi connectivity index (χ1v) is 5.70. The highest BCUT2D eigenvalue weighted by Crippen LogP contribution is 2.27. The maximum Gasteiger partial charge on any atom is 0.00909 e. The van der Waals surface area contributed by atoms with E-state index >= 15 is 0 Å². The van der Waals surface area contributed by atoms with E-state index in [2.05, 4.69) is 25.6 Å². The second-order valence-corrected chi connectivity index (χ2v) is 5.00. The van der Waals surface area contributed by atoms with Gasteiger partial charge in [-0.15, -0.1) is 0 Å². The van der Waals surface area contributed by atoms with Crippen molar-refractivity contribution in [3.05, 3.63) is 0 Å². The number of thioether (sulfide) groups is 1. The second-order valence-electron chi connectivity index (χ2n) is 3.77. The molecular formula is C9H19NS. The highest BCUT2D eigenvalue weighted by Gasteiger charge is 2.22. The number of nitrogens with two attached hydrogens (primary N) is 1. The van der Waals surface area contributed by atoms with Gasteiger partial charge in [-0.1, -0.05) is 13.8 Å². The van der Waals surface area contributed by atoms with E-state index in [1.807, 2.05) is 0 Å². The minimum Gasteiger partial charge on any atom is -0.327 e. The molecule has 1 saturated heterocycles. The summed E-state index contributed by atoms with van der Waals surface area (Å²) in [7, 11) is 0. The molecule has 0 aromatic heterocycles. The molecule has 0 aliphatic carbocycles. The van der Waals surface area contributed by atoms with Gasteiger partial charge in [-0.05, 0) is 36.2 Å². The van der Waals surface area contributed by atoms with Gasteiger partial charge in [0.2, 0.25) is 0 Å². The molecule has 0 radical (unpaired) electrons. The van der Waals surface area contributed by atoms with Gasteiger partial charge in [0.05, 0.1) is 0 Å². The van der Waals surface area contributed by atoms with Crippen molar-refractivity contribution in [1.29, 1.82) is 0 Å². The van der Waals surface area contributed by atoms with Crippen LogP contribution in [-0.2, 0) is 0 Å². The Hall–Kier alpha value is 0.310. The van der Waals surface area contributed by atoms with E-state index in [0.29, 0.717) is 12.0 Å². The Labute approximate surface area is 74.1 Å². The lowest BCUT2D eigenvalue weighted by Crippen LogP contribution is -2.36. The third kappa shape index (κ3) is 2.68. The Bertz CT molecular complexity index is 108. The zero-order valence-electron chi connectivity index (χ0n) is 7.55. The van der Waals surface area contributed by atoms with Crippen molar-refractivity contribution < 1.29 is 0 Å². The summed E-state index contributed by atoms with van der Waals surface area (Å²) < 4.78 is 0. The van der Waals surface area contributed by atoms with Crippen LogP contribution >= 0.6 is 11.8 Å². The van der Waals surface area contributed by atoms with Gasteiger partial charge in [-0.2, -0.15) is 11.8 Å². The average Bonchev–Trinajstić information content (AvgIpc) is 2.05. The summed E-state index contributed by atoms with van der Waals surface area (Å²) in [5.74, 6) is 4.11. The van der Waals surface area contributed by atoms with Crippen LogP contribution in [0.25, 0.3) is 0 Å². The van der Waals surface area contributed by atoms with Crippen LogP contribution in [0.1, 0.15) is 26.7 Å². The first-order valence-electron chi connectivity index (χ1n) is 4.55. The van der Waals surface area contributed by atoms with Crippen LogP contribution < -0.4 is 5.73 Å². The standard InChI is InChI=1S/C9H19NS/c1-7(2)9(10)8-3-5-11-6-4-8/h7-9H,3-6,10H2,1-2H3. The lowest BCUT2D eigenvalue weighted by Gasteiger charge is -2.29. The fraction of sp³-hybridized carbons (Fsp3) is 1.00. The highest BCUT2D eigenvalue weighted by molar-refractivity contribution is 7.99. The second kappa shape index (κ2) is 4.36. The molecule has 1 rings (SSSR count). The van der Waals surface area contributed by atoms with Crippen molar-refractivity contribution in [3.63, 3.8) is 0 Å². The quantitative estimate of drug-likeness (QED) is 0.692. The van der Waals surface area contributed by atoms with E-state index in [4.69, 9.17) is 5.73 Å². The van der Waals surface area contributed by atoms with Crippen LogP contribution in [0.3, 0.4) is 0 Å². The molecule has 1 unspecified atom stereocenters. The van der Waals surface area contributed by atoms with Gasteiger partial charge in [0.25, 0.3) is 0 Å². The minimum atomic E-state index is 0.441. The lowest BCUT2D eigenvalue weighted by molar-refractivity contribution is 0.323. The topological polar surface area (TPSA) is 26.0 Å². The third-order valence-electron chi connectivity index (χ3n) is 2.58. The monoisotopic (exact) mass is 173 g/mol. The molecule has 0 bridgehead atoms.